The van der Waals surface area contributed by atoms with E-state index in [4.69, 9.17) is 0 Å². The molecule has 0 aliphatic heterocycles. The highest BCUT2D eigenvalue weighted by Gasteiger charge is 2.45. The molecular formula is C11H9F5O. The Bertz CT molecular complexity index is 405. The van der Waals surface area contributed by atoms with Crippen LogP contribution in [0.25, 0.3) is 0 Å². The average molecular weight is 252 g/mol. The normalized spacial score (nSPS) is 19.8. The molecular weight excluding hydrogens is 243 g/mol. The maximum atomic E-state index is 12.6. The molecule has 0 unspecified atom stereocenters. The smallest absolute Gasteiger partial charge is 0.406 e. The van der Waals surface area contributed by atoms with Crippen LogP contribution in [0.15, 0.2) is 24.3 Å². The Hall–Kier alpha value is -1.33. The van der Waals surface area contributed by atoms with Crippen LogP contribution in [0.4, 0.5) is 22.0 Å². The Kier molecular flexibility index (Phi) is 2.75. The molecule has 0 saturated heterocycles. The molecule has 17 heavy (non-hydrogen) atoms. The van der Waals surface area contributed by atoms with Crippen molar-refractivity contribution in [3.8, 4) is 5.75 Å². The molecule has 0 atom stereocenters. The van der Waals surface area contributed by atoms with Crippen LogP contribution in [0.3, 0.4) is 0 Å². The van der Waals surface area contributed by atoms with E-state index >= 15 is 0 Å². The fourth-order valence-electron chi connectivity index (χ4n) is 1.86. The minimum absolute atomic E-state index is 0.317. The third-order valence-corrected chi connectivity index (χ3v) is 2.65. The van der Waals surface area contributed by atoms with Gasteiger partial charge in [-0.15, -0.1) is 13.2 Å². The molecule has 94 valence electrons. The lowest BCUT2D eigenvalue weighted by Gasteiger charge is -2.35. The maximum absolute atomic E-state index is 12.6. The van der Waals surface area contributed by atoms with Gasteiger partial charge in [0, 0.05) is 12.8 Å². The SMILES string of the molecule is FC1(F)CC(c2cccc(OC(F)(F)F)c2)C1. The molecule has 0 radical (unpaired) electrons. The summed E-state index contributed by atoms with van der Waals surface area (Å²) in [6, 6.07) is 5.21. The summed E-state index contributed by atoms with van der Waals surface area (Å²) in [7, 11) is 0. The molecule has 1 aliphatic rings. The van der Waals surface area contributed by atoms with E-state index in [9.17, 15) is 22.0 Å². The molecule has 0 heterocycles. The van der Waals surface area contributed by atoms with Gasteiger partial charge in [-0.2, -0.15) is 0 Å². The monoisotopic (exact) mass is 252 g/mol. The van der Waals surface area contributed by atoms with E-state index < -0.39 is 12.3 Å². The fourth-order valence-corrected chi connectivity index (χ4v) is 1.86. The molecule has 1 aromatic rings. The van der Waals surface area contributed by atoms with E-state index in [0.29, 0.717) is 5.56 Å². The summed E-state index contributed by atoms with van der Waals surface area (Å²) in [4.78, 5) is 0. The first-order valence-electron chi connectivity index (χ1n) is 4.99. The summed E-state index contributed by atoms with van der Waals surface area (Å²) >= 11 is 0. The predicted octanol–water partition coefficient (Wildman–Crippen LogP) is 4.10. The quantitative estimate of drug-likeness (QED) is 0.720. The summed E-state index contributed by atoms with van der Waals surface area (Å²) in [5, 5.41) is 0. The van der Waals surface area contributed by atoms with Gasteiger partial charge in [0.05, 0.1) is 0 Å². The van der Waals surface area contributed by atoms with Crippen molar-refractivity contribution in [1.82, 2.24) is 0 Å². The molecule has 0 spiro atoms. The van der Waals surface area contributed by atoms with Crippen molar-refractivity contribution in [3.05, 3.63) is 29.8 Å². The lowest BCUT2D eigenvalue weighted by molar-refractivity contribution is -0.274. The summed E-state index contributed by atoms with van der Waals surface area (Å²) in [6.07, 6.45) is -5.40. The van der Waals surface area contributed by atoms with Gasteiger partial charge in [0.15, 0.2) is 0 Å². The van der Waals surface area contributed by atoms with Crippen LogP contribution in [-0.2, 0) is 0 Å². The van der Waals surface area contributed by atoms with E-state index in [2.05, 4.69) is 4.74 Å². The zero-order valence-electron chi connectivity index (χ0n) is 8.60. The first kappa shape index (κ1) is 12.1. The van der Waals surface area contributed by atoms with Crippen molar-refractivity contribution in [2.75, 3.05) is 0 Å². The van der Waals surface area contributed by atoms with Gasteiger partial charge < -0.3 is 4.74 Å². The molecule has 6 heteroatoms. The number of rotatable bonds is 2. The summed E-state index contributed by atoms with van der Waals surface area (Å²) < 4.78 is 64.8. The Labute approximate surface area is 94.2 Å². The van der Waals surface area contributed by atoms with E-state index in [-0.39, 0.29) is 24.5 Å². The molecule has 0 N–H and O–H groups in total. The van der Waals surface area contributed by atoms with E-state index in [1.165, 1.54) is 12.1 Å². The number of hydrogen-bond donors (Lipinski definition) is 0. The van der Waals surface area contributed by atoms with Gasteiger partial charge in [-0.25, -0.2) is 8.78 Å². The second-order valence-electron chi connectivity index (χ2n) is 4.08. The number of benzene rings is 1. The summed E-state index contributed by atoms with van der Waals surface area (Å²) in [5.41, 5.74) is 0.456. The van der Waals surface area contributed by atoms with Gasteiger partial charge in [0.25, 0.3) is 0 Å². The lowest BCUT2D eigenvalue weighted by Crippen LogP contribution is -2.33. The van der Waals surface area contributed by atoms with Gasteiger partial charge in [0.2, 0.25) is 5.92 Å². The molecule has 0 bridgehead atoms. The van der Waals surface area contributed by atoms with Crippen molar-refractivity contribution >= 4 is 0 Å². The van der Waals surface area contributed by atoms with Crippen LogP contribution in [0.2, 0.25) is 0 Å². The number of halogens is 5. The first-order chi connectivity index (χ1) is 7.75. The zero-order valence-corrected chi connectivity index (χ0v) is 8.60. The van der Waals surface area contributed by atoms with Crippen molar-refractivity contribution in [1.29, 1.82) is 0 Å². The number of alkyl halides is 5. The van der Waals surface area contributed by atoms with Gasteiger partial charge in [-0.3, -0.25) is 0 Å². The topological polar surface area (TPSA) is 9.23 Å². The molecule has 1 aliphatic carbocycles. The highest BCUT2D eigenvalue weighted by atomic mass is 19.4. The van der Waals surface area contributed by atoms with Gasteiger partial charge in [-0.1, -0.05) is 12.1 Å². The Morgan fingerprint density at radius 1 is 1.18 bits per heavy atom. The second-order valence-corrected chi connectivity index (χ2v) is 4.08. The van der Waals surface area contributed by atoms with Crippen molar-refractivity contribution in [3.63, 3.8) is 0 Å². The zero-order chi connectivity index (χ0) is 12.7. The Morgan fingerprint density at radius 3 is 2.35 bits per heavy atom. The molecule has 1 saturated carbocycles. The number of hydrogen-bond acceptors (Lipinski definition) is 1. The van der Waals surface area contributed by atoms with Gasteiger partial charge in [0.1, 0.15) is 5.75 Å². The largest absolute Gasteiger partial charge is 0.573 e. The van der Waals surface area contributed by atoms with Crippen LogP contribution >= 0.6 is 0 Å². The maximum Gasteiger partial charge on any atom is 0.573 e. The minimum atomic E-state index is -4.76. The second kappa shape index (κ2) is 3.85. The lowest BCUT2D eigenvalue weighted by atomic mass is 9.77. The third kappa shape index (κ3) is 3.08. The number of ether oxygens (including phenoxy) is 1. The Morgan fingerprint density at radius 2 is 1.82 bits per heavy atom. The van der Waals surface area contributed by atoms with E-state index in [1.54, 1.807) is 0 Å². The van der Waals surface area contributed by atoms with Crippen LogP contribution in [0.5, 0.6) is 5.75 Å². The summed E-state index contributed by atoms with van der Waals surface area (Å²) in [6.45, 7) is 0. The van der Waals surface area contributed by atoms with E-state index in [1.807, 2.05) is 0 Å². The van der Waals surface area contributed by atoms with Crippen molar-refractivity contribution in [2.24, 2.45) is 0 Å². The van der Waals surface area contributed by atoms with Crippen LogP contribution < -0.4 is 4.74 Å². The van der Waals surface area contributed by atoms with Gasteiger partial charge in [-0.05, 0) is 23.6 Å². The predicted molar refractivity (Wildman–Crippen MR) is 50.0 cm³/mol. The molecule has 2 rings (SSSR count). The fraction of sp³-hybridized carbons (Fsp3) is 0.455. The van der Waals surface area contributed by atoms with E-state index in [0.717, 1.165) is 12.1 Å². The molecule has 1 fully saturated rings. The highest BCUT2D eigenvalue weighted by molar-refractivity contribution is 5.32. The molecule has 0 amide bonds. The van der Waals surface area contributed by atoms with Crippen LogP contribution in [-0.4, -0.2) is 12.3 Å². The third-order valence-electron chi connectivity index (χ3n) is 2.65. The van der Waals surface area contributed by atoms with Gasteiger partial charge >= 0.3 is 6.36 Å². The van der Waals surface area contributed by atoms with Crippen molar-refractivity contribution in [2.45, 2.75) is 31.0 Å². The van der Waals surface area contributed by atoms with Crippen molar-refractivity contribution < 1.29 is 26.7 Å². The average Bonchev–Trinajstić information content (AvgIpc) is 2.11. The Balaban J connectivity index is 2.08. The minimum Gasteiger partial charge on any atom is -0.406 e. The molecule has 1 aromatic carbocycles. The molecule has 0 aromatic heterocycles. The molecule has 1 nitrogen and oxygen atoms in total. The standard InChI is InChI=1S/C11H9F5O/c12-10(13)5-8(6-10)7-2-1-3-9(4-7)17-11(14,15)16/h1-4,8H,5-6H2. The first-order valence-corrected chi connectivity index (χ1v) is 4.99. The van der Waals surface area contributed by atoms with Crippen LogP contribution in [0.1, 0.15) is 24.3 Å². The summed E-state index contributed by atoms with van der Waals surface area (Å²) in [5.74, 6) is -3.45. The highest BCUT2D eigenvalue weighted by Crippen LogP contribution is 2.48. The van der Waals surface area contributed by atoms with Crippen LogP contribution in [0, 0.1) is 0 Å².